The van der Waals surface area contributed by atoms with E-state index < -0.39 is 35.4 Å². The molecule has 2 aromatic carbocycles. The number of aromatic nitrogens is 1. The normalized spacial score (nSPS) is 14.6. The Balaban J connectivity index is 1.85. The van der Waals surface area contributed by atoms with E-state index in [0.29, 0.717) is 5.69 Å². The Morgan fingerprint density at radius 3 is 2.65 bits per heavy atom. The third kappa shape index (κ3) is 4.09. The predicted octanol–water partition coefficient (Wildman–Crippen LogP) is 3.12. The number of benzene rings is 2. The zero-order valence-corrected chi connectivity index (χ0v) is 18.3. The van der Waals surface area contributed by atoms with E-state index in [0.717, 1.165) is 24.3 Å². The Bertz CT molecular complexity index is 1400. The van der Waals surface area contributed by atoms with Crippen LogP contribution in [-0.4, -0.2) is 29.3 Å². The van der Waals surface area contributed by atoms with Gasteiger partial charge in [0, 0.05) is 23.2 Å². The first-order valence-electron chi connectivity index (χ1n) is 9.94. The van der Waals surface area contributed by atoms with Crippen LogP contribution in [0.2, 0.25) is 5.02 Å². The summed E-state index contributed by atoms with van der Waals surface area (Å²) in [5.41, 5.74) is 0.436. The molecule has 0 radical (unpaired) electrons. The third-order valence-electron chi connectivity index (χ3n) is 5.35. The van der Waals surface area contributed by atoms with E-state index in [1.165, 1.54) is 29.8 Å². The molecule has 4 rings (SSSR count). The maximum Gasteiger partial charge on any atom is 0.267 e. The number of hydrogen-bond donors (Lipinski definition) is 3. The van der Waals surface area contributed by atoms with Gasteiger partial charge in [0.15, 0.2) is 0 Å². The number of hydrogen-bond acceptors (Lipinski definition) is 4. The SMILES string of the molecule is CNC(=O)c1cc(NC(=O)c2ccc(F)c(C#N)c2)c2n1CC(=O)NC2c1cc(F)ccc1Cl. The molecule has 0 fully saturated rings. The van der Waals surface area contributed by atoms with Gasteiger partial charge in [0.05, 0.1) is 23.0 Å². The van der Waals surface area contributed by atoms with Crippen molar-refractivity contribution in [2.75, 3.05) is 12.4 Å². The predicted molar refractivity (Wildman–Crippen MR) is 118 cm³/mol. The number of rotatable bonds is 4. The van der Waals surface area contributed by atoms with Gasteiger partial charge in [0.25, 0.3) is 11.8 Å². The van der Waals surface area contributed by atoms with Crippen LogP contribution in [0.4, 0.5) is 14.5 Å². The Kier molecular flexibility index (Phi) is 6.04. The molecule has 3 amide bonds. The van der Waals surface area contributed by atoms with Gasteiger partial charge in [0.1, 0.15) is 29.9 Å². The molecule has 1 atom stereocenters. The van der Waals surface area contributed by atoms with Crippen LogP contribution in [0.5, 0.6) is 0 Å². The van der Waals surface area contributed by atoms with Crippen molar-refractivity contribution in [2.45, 2.75) is 12.6 Å². The Hall–Kier alpha value is -4.23. The van der Waals surface area contributed by atoms with Gasteiger partial charge in [-0.3, -0.25) is 14.4 Å². The lowest BCUT2D eigenvalue weighted by Gasteiger charge is -2.29. The molecule has 172 valence electrons. The van der Waals surface area contributed by atoms with Crippen molar-refractivity contribution in [1.29, 1.82) is 5.26 Å². The lowest BCUT2D eigenvalue weighted by atomic mass is 10.0. The van der Waals surface area contributed by atoms with Crippen LogP contribution in [0.15, 0.2) is 42.5 Å². The number of amides is 3. The standard InChI is InChI=1S/C23H16ClF2N5O3/c1-28-23(34)18-8-17(29-22(33)11-2-5-16(26)12(6-11)9-27)21-20(30-19(32)10-31(18)21)14-7-13(25)3-4-15(14)24/h2-8,20H,10H2,1H3,(H,28,34)(H,29,33)(H,30,32). The summed E-state index contributed by atoms with van der Waals surface area (Å²) < 4.78 is 29.1. The molecule has 34 heavy (non-hydrogen) atoms. The number of carbonyl (C=O) groups excluding carboxylic acids is 3. The van der Waals surface area contributed by atoms with E-state index in [1.807, 2.05) is 0 Å². The van der Waals surface area contributed by atoms with Crippen LogP contribution >= 0.6 is 11.6 Å². The van der Waals surface area contributed by atoms with Crippen LogP contribution in [0.3, 0.4) is 0 Å². The fourth-order valence-corrected chi connectivity index (χ4v) is 4.01. The molecule has 1 aromatic heterocycles. The van der Waals surface area contributed by atoms with Gasteiger partial charge in [-0.15, -0.1) is 0 Å². The second kappa shape index (κ2) is 8.96. The van der Waals surface area contributed by atoms with Crippen LogP contribution in [-0.2, 0) is 11.3 Å². The number of nitrogens with one attached hydrogen (secondary N) is 3. The van der Waals surface area contributed by atoms with Gasteiger partial charge in [-0.2, -0.15) is 5.26 Å². The number of halogens is 3. The van der Waals surface area contributed by atoms with Gasteiger partial charge in [-0.05, 0) is 42.5 Å². The summed E-state index contributed by atoms with van der Waals surface area (Å²) in [6.07, 6.45) is 0. The van der Waals surface area contributed by atoms with Crippen molar-refractivity contribution in [3.05, 3.63) is 87.2 Å². The highest BCUT2D eigenvalue weighted by Gasteiger charge is 2.34. The molecule has 1 unspecified atom stereocenters. The van der Waals surface area contributed by atoms with Gasteiger partial charge in [0.2, 0.25) is 5.91 Å². The minimum atomic E-state index is -0.985. The minimum absolute atomic E-state index is 0.000393. The first kappa shape index (κ1) is 22.9. The molecule has 1 aliphatic heterocycles. The maximum atomic E-state index is 14.0. The Labute approximate surface area is 197 Å². The first-order chi connectivity index (χ1) is 16.2. The Morgan fingerprint density at radius 2 is 1.94 bits per heavy atom. The smallest absolute Gasteiger partial charge is 0.267 e. The summed E-state index contributed by atoms with van der Waals surface area (Å²) in [4.78, 5) is 37.9. The number of fused-ring (bicyclic) bond motifs is 1. The molecule has 0 bridgehead atoms. The monoisotopic (exact) mass is 483 g/mol. The lowest BCUT2D eigenvalue weighted by Crippen LogP contribution is -2.40. The molecule has 11 heteroatoms. The molecule has 2 heterocycles. The van der Waals surface area contributed by atoms with Crippen LogP contribution in [0.1, 0.15) is 43.7 Å². The van der Waals surface area contributed by atoms with Gasteiger partial charge in [-0.25, -0.2) is 8.78 Å². The quantitative estimate of drug-likeness (QED) is 0.528. The van der Waals surface area contributed by atoms with Gasteiger partial charge in [-0.1, -0.05) is 11.6 Å². The average molecular weight is 484 g/mol. The average Bonchev–Trinajstić information content (AvgIpc) is 3.17. The zero-order chi connectivity index (χ0) is 24.6. The molecular formula is C23H16ClF2N5O3. The molecule has 3 N–H and O–H groups in total. The lowest BCUT2D eigenvalue weighted by molar-refractivity contribution is -0.123. The molecular weight excluding hydrogens is 468 g/mol. The second-order valence-corrected chi connectivity index (χ2v) is 7.83. The van der Waals surface area contributed by atoms with E-state index >= 15 is 0 Å². The number of carbonyl (C=O) groups is 3. The van der Waals surface area contributed by atoms with Crippen molar-refractivity contribution in [1.82, 2.24) is 15.2 Å². The fourth-order valence-electron chi connectivity index (χ4n) is 3.79. The van der Waals surface area contributed by atoms with Crippen molar-refractivity contribution in [3.8, 4) is 6.07 Å². The third-order valence-corrected chi connectivity index (χ3v) is 5.69. The molecule has 0 aliphatic carbocycles. The van der Waals surface area contributed by atoms with E-state index in [-0.39, 0.29) is 39.6 Å². The fraction of sp³-hybridized carbons (Fsp3) is 0.130. The maximum absolute atomic E-state index is 14.0. The summed E-state index contributed by atoms with van der Waals surface area (Å²) >= 11 is 6.28. The summed E-state index contributed by atoms with van der Waals surface area (Å²) in [6.45, 7) is -0.230. The highest BCUT2D eigenvalue weighted by molar-refractivity contribution is 6.31. The summed E-state index contributed by atoms with van der Waals surface area (Å²) in [5.74, 6) is -3.02. The zero-order valence-electron chi connectivity index (χ0n) is 17.6. The van der Waals surface area contributed by atoms with Crippen molar-refractivity contribution in [2.24, 2.45) is 0 Å². The molecule has 0 saturated heterocycles. The molecule has 8 nitrogen and oxygen atoms in total. The number of anilines is 1. The topological polar surface area (TPSA) is 116 Å². The van der Waals surface area contributed by atoms with Crippen molar-refractivity contribution in [3.63, 3.8) is 0 Å². The van der Waals surface area contributed by atoms with E-state index in [2.05, 4.69) is 16.0 Å². The number of nitriles is 1. The van der Waals surface area contributed by atoms with Gasteiger partial charge >= 0.3 is 0 Å². The van der Waals surface area contributed by atoms with E-state index in [9.17, 15) is 23.2 Å². The minimum Gasteiger partial charge on any atom is -0.354 e. The molecule has 0 spiro atoms. The summed E-state index contributed by atoms with van der Waals surface area (Å²) in [5, 5.41) is 17.0. The van der Waals surface area contributed by atoms with E-state index in [4.69, 9.17) is 16.9 Å². The Morgan fingerprint density at radius 1 is 1.18 bits per heavy atom. The van der Waals surface area contributed by atoms with Gasteiger partial charge < -0.3 is 20.5 Å². The molecule has 1 aliphatic rings. The summed E-state index contributed by atoms with van der Waals surface area (Å²) in [7, 11) is 1.41. The van der Waals surface area contributed by atoms with Crippen molar-refractivity contribution >= 4 is 35.0 Å². The van der Waals surface area contributed by atoms with Crippen LogP contribution in [0, 0.1) is 23.0 Å². The van der Waals surface area contributed by atoms with Crippen LogP contribution < -0.4 is 16.0 Å². The first-order valence-corrected chi connectivity index (χ1v) is 10.3. The highest BCUT2D eigenvalue weighted by Crippen LogP contribution is 2.37. The molecule has 3 aromatic rings. The highest BCUT2D eigenvalue weighted by atomic mass is 35.5. The second-order valence-electron chi connectivity index (χ2n) is 7.42. The van der Waals surface area contributed by atoms with Crippen molar-refractivity contribution < 1.29 is 23.2 Å². The van der Waals surface area contributed by atoms with Crippen LogP contribution in [0.25, 0.3) is 0 Å². The summed E-state index contributed by atoms with van der Waals surface area (Å²) in [6, 6.07) is 9.00. The largest absolute Gasteiger partial charge is 0.354 e. The number of nitrogens with zero attached hydrogens (tertiary/aromatic N) is 2. The van der Waals surface area contributed by atoms with E-state index in [1.54, 1.807) is 6.07 Å². The molecule has 0 saturated carbocycles.